The number of aryl methyl sites for hydroxylation is 1. The Morgan fingerprint density at radius 1 is 0.818 bits per heavy atom. The molecule has 33 heavy (non-hydrogen) atoms. The number of carbonyl (C=O) groups excluding carboxylic acids is 1. The Hall–Kier alpha value is -3.37. The third-order valence-corrected chi connectivity index (χ3v) is 6.86. The van der Waals surface area contributed by atoms with Crippen LogP contribution >= 0.6 is 0 Å². The van der Waals surface area contributed by atoms with E-state index >= 15 is 0 Å². The lowest BCUT2D eigenvalue weighted by molar-refractivity contribution is -0.133. The number of hydrogen-bond acceptors (Lipinski definition) is 2. The van der Waals surface area contributed by atoms with Crippen LogP contribution in [0.25, 0.3) is 10.9 Å². The van der Waals surface area contributed by atoms with Crippen molar-refractivity contribution in [3.8, 4) is 0 Å². The van der Waals surface area contributed by atoms with Crippen molar-refractivity contribution in [3.63, 3.8) is 0 Å². The van der Waals surface area contributed by atoms with Crippen molar-refractivity contribution in [2.45, 2.75) is 18.9 Å². The van der Waals surface area contributed by atoms with Gasteiger partial charge in [0, 0.05) is 69.2 Å². The predicted molar refractivity (Wildman–Crippen MR) is 134 cm³/mol. The van der Waals surface area contributed by atoms with Crippen molar-refractivity contribution in [1.82, 2.24) is 14.4 Å². The fourth-order valence-electron chi connectivity index (χ4n) is 5.04. The van der Waals surface area contributed by atoms with Crippen LogP contribution in [0.2, 0.25) is 0 Å². The van der Waals surface area contributed by atoms with Gasteiger partial charge in [0.05, 0.1) is 0 Å². The van der Waals surface area contributed by atoms with Gasteiger partial charge in [-0.15, -0.1) is 0 Å². The Balaban J connectivity index is 1.32. The number of carbonyl (C=O) groups is 1. The molecule has 0 aliphatic carbocycles. The van der Waals surface area contributed by atoms with E-state index in [0.29, 0.717) is 6.42 Å². The van der Waals surface area contributed by atoms with Crippen molar-refractivity contribution in [3.05, 3.63) is 108 Å². The van der Waals surface area contributed by atoms with Crippen LogP contribution in [0.5, 0.6) is 0 Å². The molecule has 0 spiro atoms. The van der Waals surface area contributed by atoms with Crippen LogP contribution in [0.3, 0.4) is 0 Å². The number of rotatable bonds is 6. The summed E-state index contributed by atoms with van der Waals surface area (Å²) in [5, 5.41) is 1.23. The zero-order valence-electron chi connectivity index (χ0n) is 19.2. The standard InChI is InChI=1S/C29H31N3O/c1-30-22-27(25-14-8-9-15-28(25)30)26(24-12-6-3-7-13-24)20-29(33)32-18-16-31(17-19-32)21-23-10-4-2-5-11-23/h2-15,22,26H,16-21H2,1H3. The number of fused-ring (bicyclic) bond motifs is 1. The lowest BCUT2D eigenvalue weighted by Crippen LogP contribution is -2.48. The first-order valence-corrected chi connectivity index (χ1v) is 11.8. The molecule has 4 nitrogen and oxygen atoms in total. The molecule has 1 saturated heterocycles. The number of para-hydroxylation sites is 1. The smallest absolute Gasteiger partial charge is 0.223 e. The summed E-state index contributed by atoms with van der Waals surface area (Å²) in [5.74, 6) is 0.295. The van der Waals surface area contributed by atoms with Gasteiger partial charge in [0.1, 0.15) is 0 Å². The summed E-state index contributed by atoms with van der Waals surface area (Å²) >= 11 is 0. The molecule has 1 aliphatic heterocycles. The van der Waals surface area contributed by atoms with Gasteiger partial charge in [0.15, 0.2) is 0 Å². The molecule has 1 aliphatic rings. The number of aromatic nitrogens is 1. The van der Waals surface area contributed by atoms with Crippen molar-refractivity contribution in [2.75, 3.05) is 26.2 Å². The van der Waals surface area contributed by atoms with Crippen LogP contribution in [-0.2, 0) is 18.4 Å². The van der Waals surface area contributed by atoms with Crippen molar-refractivity contribution in [1.29, 1.82) is 0 Å². The minimum absolute atomic E-state index is 0.0483. The maximum atomic E-state index is 13.5. The van der Waals surface area contributed by atoms with Gasteiger partial charge >= 0.3 is 0 Å². The first-order valence-electron chi connectivity index (χ1n) is 11.8. The molecule has 3 aromatic carbocycles. The Labute approximate surface area is 196 Å². The average Bonchev–Trinajstić information content (AvgIpc) is 3.20. The molecule has 0 saturated carbocycles. The molecular weight excluding hydrogens is 406 g/mol. The van der Waals surface area contributed by atoms with Crippen molar-refractivity contribution in [2.24, 2.45) is 7.05 Å². The van der Waals surface area contributed by atoms with E-state index in [9.17, 15) is 4.79 Å². The highest BCUT2D eigenvalue weighted by Crippen LogP contribution is 2.35. The van der Waals surface area contributed by atoms with E-state index in [2.05, 4.69) is 106 Å². The number of benzene rings is 3. The van der Waals surface area contributed by atoms with Gasteiger partial charge in [0.2, 0.25) is 5.91 Å². The predicted octanol–water partition coefficient (Wildman–Crippen LogP) is 5.04. The van der Waals surface area contributed by atoms with Gasteiger partial charge < -0.3 is 9.47 Å². The van der Waals surface area contributed by atoms with E-state index in [1.165, 1.54) is 27.6 Å². The maximum absolute atomic E-state index is 13.5. The van der Waals surface area contributed by atoms with Crippen molar-refractivity contribution < 1.29 is 4.79 Å². The molecule has 5 rings (SSSR count). The lowest BCUT2D eigenvalue weighted by Gasteiger charge is -2.35. The Kier molecular flexibility index (Phi) is 6.27. The number of nitrogens with zero attached hydrogens (tertiary/aromatic N) is 3. The largest absolute Gasteiger partial charge is 0.350 e. The molecule has 1 fully saturated rings. The average molecular weight is 438 g/mol. The monoisotopic (exact) mass is 437 g/mol. The second kappa shape index (κ2) is 9.63. The first kappa shape index (κ1) is 21.5. The third-order valence-electron chi connectivity index (χ3n) is 6.86. The molecule has 4 aromatic rings. The van der Waals surface area contributed by atoms with E-state index in [1.807, 2.05) is 6.07 Å². The highest BCUT2D eigenvalue weighted by atomic mass is 16.2. The maximum Gasteiger partial charge on any atom is 0.223 e. The van der Waals surface area contributed by atoms with Gasteiger partial charge in [0.25, 0.3) is 0 Å². The van der Waals surface area contributed by atoms with Gasteiger partial charge in [-0.25, -0.2) is 0 Å². The van der Waals surface area contributed by atoms with Gasteiger partial charge in [-0.05, 0) is 22.8 Å². The Morgan fingerprint density at radius 3 is 2.18 bits per heavy atom. The number of piperazine rings is 1. The second-order valence-corrected chi connectivity index (χ2v) is 9.02. The molecule has 168 valence electrons. The van der Waals surface area contributed by atoms with Crippen LogP contribution in [0.1, 0.15) is 29.0 Å². The second-order valence-electron chi connectivity index (χ2n) is 9.02. The fourth-order valence-corrected chi connectivity index (χ4v) is 5.04. The van der Waals surface area contributed by atoms with Gasteiger partial charge in [-0.2, -0.15) is 0 Å². The number of hydrogen-bond donors (Lipinski definition) is 0. The molecule has 0 N–H and O–H groups in total. The molecule has 1 amide bonds. The summed E-state index contributed by atoms with van der Waals surface area (Å²) < 4.78 is 2.17. The SMILES string of the molecule is Cn1cc(C(CC(=O)N2CCN(Cc3ccccc3)CC2)c2ccccc2)c2ccccc21. The summed E-state index contributed by atoms with van der Waals surface area (Å²) in [6.07, 6.45) is 2.70. The van der Waals surface area contributed by atoms with Gasteiger partial charge in [-0.3, -0.25) is 9.69 Å². The zero-order valence-corrected chi connectivity index (χ0v) is 19.2. The summed E-state index contributed by atoms with van der Waals surface area (Å²) in [6, 6.07) is 29.5. The molecule has 1 aromatic heterocycles. The molecule has 1 atom stereocenters. The van der Waals surface area contributed by atoms with Crippen LogP contribution in [-0.4, -0.2) is 46.5 Å². The zero-order chi connectivity index (χ0) is 22.6. The molecule has 2 heterocycles. The summed E-state index contributed by atoms with van der Waals surface area (Å²) in [7, 11) is 2.08. The highest BCUT2D eigenvalue weighted by Gasteiger charge is 2.27. The van der Waals surface area contributed by atoms with E-state index in [0.717, 1.165) is 32.7 Å². The van der Waals surface area contributed by atoms with Crippen LogP contribution in [0.15, 0.2) is 91.1 Å². The van der Waals surface area contributed by atoms with E-state index in [4.69, 9.17) is 0 Å². The first-order chi connectivity index (χ1) is 16.2. The van der Waals surface area contributed by atoms with E-state index in [-0.39, 0.29) is 11.8 Å². The third kappa shape index (κ3) is 4.71. The number of amides is 1. The normalized spacial score (nSPS) is 15.6. The van der Waals surface area contributed by atoms with E-state index in [1.54, 1.807) is 0 Å². The molecule has 1 unspecified atom stereocenters. The lowest BCUT2D eigenvalue weighted by atomic mass is 9.87. The quantitative estimate of drug-likeness (QED) is 0.423. The van der Waals surface area contributed by atoms with Crippen LogP contribution < -0.4 is 0 Å². The van der Waals surface area contributed by atoms with Crippen molar-refractivity contribution >= 4 is 16.8 Å². The molecule has 4 heteroatoms. The fraction of sp³-hybridized carbons (Fsp3) is 0.276. The summed E-state index contributed by atoms with van der Waals surface area (Å²) in [4.78, 5) is 18.0. The Bertz CT molecular complexity index is 1210. The minimum Gasteiger partial charge on any atom is -0.350 e. The summed E-state index contributed by atoms with van der Waals surface area (Å²) in [6.45, 7) is 4.38. The topological polar surface area (TPSA) is 28.5 Å². The van der Waals surface area contributed by atoms with E-state index < -0.39 is 0 Å². The molecular formula is C29H31N3O. The van der Waals surface area contributed by atoms with Gasteiger partial charge in [-0.1, -0.05) is 78.9 Å². The summed E-state index contributed by atoms with van der Waals surface area (Å²) in [5.41, 5.74) is 4.97. The van der Waals surface area contributed by atoms with Crippen LogP contribution in [0, 0.1) is 0 Å². The Morgan fingerprint density at radius 2 is 1.45 bits per heavy atom. The molecule has 0 radical (unpaired) electrons. The minimum atomic E-state index is 0.0483. The van der Waals surface area contributed by atoms with Crippen LogP contribution in [0.4, 0.5) is 0 Å². The highest BCUT2D eigenvalue weighted by molar-refractivity contribution is 5.86. The molecule has 0 bridgehead atoms.